The second kappa shape index (κ2) is 7.86. The largest absolute Gasteiger partial charge is 0.394 e. The van der Waals surface area contributed by atoms with Crippen LogP contribution in [0.1, 0.15) is 13.8 Å². The lowest BCUT2D eigenvalue weighted by molar-refractivity contribution is -0.155. The van der Waals surface area contributed by atoms with Crippen LogP contribution in [0.15, 0.2) is 35.9 Å². The van der Waals surface area contributed by atoms with Crippen molar-refractivity contribution in [3.63, 3.8) is 0 Å². The van der Waals surface area contributed by atoms with E-state index in [1.807, 2.05) is 0 Å². The van der Waals surface area contributed by atoms with Crippen LogP contribution in [0.5, 0.6) is 0 Å². The Balaban J connectivity index is 1.95. The van der Waals surface area contributed by atoms with Crippen molar-refractivity contribution in [2.45, 2.75) is 37.9 Å². The molecule has 0 radical (unpaired) electrons. The first-order valence-corrected chi connectivity index (χ1v) is 9.23. The number of nitrogens with zero attached hydrogens (tertiary/aromatic N) is 1. The van der Waals surface area contributed by atoms with Crippen LogP contribution in [-0.4, -0.2) is 57.8 Å². The summed E-state index contributed by atoms with van der Waals surface area (Å²) in [5.41, 5.74) is 0.214. The fourth-order valence-electron chi connectivity index (χ4n) is 3.01. The molecule has 8 nitrogen and oxygen atoms in total. The summed E-state index contributed by atoms with van der Waals surface area (Å²) >= 11 is 11.0. The monoisotopic (exact) mass is 426 g/mol. The van der Waals surface area contributed by atoms with Crippen LogP contribution in [0.25, 0.3) is 0 Å². The standard InChI is InChI=1S/C18H19ClN2O6S/c1-18(2)26-13(14(27-18)12(23)8-22)7-11-15(24)20-17(28)21(16(11)25)10-5-3-9(19)4-6-10/h3-7,12-14,22-23H,8H2,1-2H3,(H,20,24,28)/b11-7+/t12-,13+,14-/m1/s1. The quantitative estimate of drug-likeness (QED) is 0.372. The molecule has 0 spiro atoms. The van der Waals surface area contributed by atoms with Crippen LogP contribution in [-0.2, 0) is 19.1 Å². The van der Waals surface area contributed by atoms with Gasteiger partial charge in [-0.1, -0.05) is 11.6 Å². The third kappa shape index (κ3) is 4.09. The summed E-state index contributed by atoms with van der Waals surface area (Å²) in [5.74, 6) is -2.41. The molecule has 3 atom stereocenters. The third-order valence-electron chi connectivity index (χ3n) is 4.25. The van der Waals surface area contributed by atoms with E-state index in [4.69, 9.17) is 33.3 Å². The van der Waals surface area contributed by atoms with Crippen LogP contribution in [0.2, 0.25) is 5.02 Å². The Labute approximate surface area is 171 Å². The zero-order valence-electron chi connectivity index (χ0n) is 15.1. The number of carbonyl (C=O) groups excluding carboxylic acids is 2. The van der Waals surface area contributed by atoms with Crippen molar-refractivity contribution in [2.24, 2.45) is 0 Å². The topological polar surface area (TPSA) is 108 Å². The molecule has 0 unspecified atom stereocenters. The smallest absolute Gasteiger partial charge is 0.269 e. The van der Waals surface area contributed by atoms with Gasteiger partial charge in [0.15, 0.2) is 10.9 Å². The Bertz CT molecular complexity index is 841. The first-order chi connectivity index (χ1) is 13.1. The van der Waals surface area contributed by atoms with Crippen molar-refractivity contribution < 1.29 is 29.3 Å². The minimum atomic E-state index is -1.25. The summed E-state index contributed by atoms with van der Waals surface area (Å²) in [6, 6.07) is 6.38. The van der Waals surface area contributed by atoms with Gasteiger partial charge in [-0.25, -0.2) is 0 Å². The van der Waals surface area contributed by atoms with Gasteiger partial charge >= 0.3 is 0 Å². The first kappa shape index (κ1) is 20.8. The number of aliphatic hydroxyl groups excluding tert-OH is 2. The lowest BCUT2D eigenvalue weighted by Gasteiger charge is -2.29. The van der Waals surface area contributed by atoms with Crippen LogP contribution >= 0.6 is 23.8 Å². The first-order valence-electron chi connectivity index (χ1n) is 8.44. The molecule has 28 heavy (non-hydrogen) atoms. The average molecular weight is 427 g/mol. The molecule has 0 aromatic heterocycles. The highest BCUT2D eigenvalue weighted by atomic mass is 35.5. The molecule has 3 rings (SSSR count). The Kier molecular flexibility index (Phi) is 5.85. The highest BCUT2D eigenvalue weighted by molar-refractivity contribution is 7.80. The summed E-state index contributed by atoms with van der Waals surface area (Å²) in [6.45, 7) is 2.69. The van der Waals surface area contributed by atoms with E-state index in [9.17, 15) is 19.8 Å². The van der Waals surface area contributed by atoms with Crippen LogP contribution < -0.4 is 10.2 Å². The van der Waals surface area contributed by atoms with Gasteiger partial charge in [-0.15, -0.1) is 0 Å². The maximum atomic E-state index is 13.0. The molecule has 10 heteroatoms. The Morgan fingerprint density at radius 2 is 1.96 bits per heavy atom. The molecular weight excluding hydrogens is 408 g/mol. The van der Waals surface area contributed by atoms with E-state index in [1.165, 1.54) is 6.08 Å². The van der Waals surface area contributed by atoms with Crippen LogP contribution in [0.3, 0.4) is 0 Å². The number of amides is 2. The van der Waals surface area contributed by atoms with Crippen molar-refractivity contribution in [1.82, 2.24) is 5.32 Å². The summed E-state index contributed by atoms with van der Waals surface area (Å²) in [6.07, 6.45) is -1.86. The van der Waals surface area contributed by atoms with Crippen LogP contribution in [0.4, 0.5) is 5.69 Å². The molecule has 150 valence electrons. The van der Waals surface area contributed by atoms with Gasteiger partial charge in [-0.3, -0.25) is 19.8 Å². The molecule has 0 bridgehead atoms. The number of hydrogen-bond donors (Lipinski definition) is 3. The van der Waals surface area contributed by atoms with E-state index in [2.05, 4.69) is 5.32 Å². The van der Waals surface area contributed by atoms with Gasteiger partial charge in [0.2, 0.25) is 0 Å². The number of ether oxygens (including phenoxy) is 2. The molecule has 2 aliphatic rings. The van der Waals surface area contributed by atoms with E-state index in [0.717, 1.165) is 4.90 Å². The van der Waals surface area contributed by atoms with Crippen molar-refractivity contribution >= 4 is 46.4 Å². The van der Waals surface area contributed by atoms with Crippen molar-refractivity contribution in [3.8, 4) is 0 Å². The predicted molar refractivity (Wildman–Crippen MR) is 105 cm³/mol. The van der Waals surface area contributed by atoms with Gasteiger partial charge in [0.1, 0.15) is 23.9 Å². The van der Waals surface area contributed by atoms with E-state index in [-0.39, 0.29) is 10.7 Å². The number of aliphatic hydroxyl groups is 2. The SMILES string of the molecule is CC1(C)O[C@H]([C@H](O)CO)[C@H](/C=C2\C(=O)NC(=S)N(c3ccc(Cl)cc3)C2=O)O1. The zero-order valence-corrected chi connectivity index (χ0v) is 16.7. The highest BCUT2D eigenvalue weighted by Gasteiger charge is 2.45. The predicted octanol–water partition coefficient (Wildman–Crippen LogP) is 0.887. The molecule has 3 N–H and O–H groups in total. The van der Waals surface area contributed by atoms with E-state index >= 15 is 0 Å². The minimum absolute atomic E-state index is 0.0645. The maximum Gasteiger partial charge on any atom is 0.269 e. The molecule has 2 aliphatic heterocycles. The van der Waals surface area contributed by atoms with E-state index in [0.29, 0.717) is 10.7 Å². The molecule has 1 aromatic carbocycles. The lowest BCUT2D eigenvalue weighted by atomic mass is 10.0. The zero-order chi connectivity index (χ0) is 20.6. The average Bonchev–Trinajstić information content (AvgIpc) is 2.94. The summed E-state index contributed by atoms with van der Waals surface area (Å²) in [7, 11) is 0. The lowest BCUT2D eigenvalue weighted by Crippen LogP contribution is -2.54. The number of anilines is 1. The van der Waals surface area contributed by atoms with Gasteiger partial charge in [0.05, 0.1) is 12.3 Å². The molecule has 1 aromatic rings. The van der Waals surface area contributed by atoms with Crippen molar-refractivity contribution in [3.05, 3.63) is 40.9 Å². The molecule has 2 fully saturated rings. The second-order valence-electron chi connectivity index (χ2n) is 6.77. The van der Waals surface area contributed by atoms with Gasteiger partial charge in [-0.05, 0) is 56.4 Å². The summed E-state index contributed by atoms with van der Waals surface area (Å²) < 4.78 is 11.3. The van der Waals surface area contributed by atoms with Gasteiger partial charge in [-0.2, -0.15) is 0 Å². The maximum absolute atomic E-state index is 13.0. The fourth-order valence-corrected chi connectivity index (χ4v) is 3.42. The molecular formula is C18H19ClN2O6S. The van der Waals surface area contributed by atoms with Crippen LogP contribution in [0, 0.1) is 0 Å². The Morgan fingerprint density at radius 3 is 2.57 bits per heavy atom. The number of nitrogens with one attached hydrogen (secondary N) is 1. The van der Waals surface area contributed by atoms with Gasteiger partial charge in [0.25, 0.3) is 11.8 Å². The molecule has 2 saturated heterocycles. The van der Waals surface area contributed by atoms with Gasteiger partial charge < -0.3 is 19.7 Å². The number of benzene rings is 1. The molecule has 0 aliphatic carbocycles. The number of halogens is 1. The van der Waals surface area contributed by atoms with Crippen molar-refractivity contribution in [2.75, 3.05) is 11.5 Å². The Morgan fingerprint density at radius 1 is 1.32 bits per heavy atom. The molecule has 0 saturated carbocycles. The number of hydrogen-bond acceptors (Lipinski definition) is 7. The summed E-state index contributed by atoms with van der Waals surface area (Å²) in [5, 5.41) is 22.1. The highest BCUT2D eigenvalue weighted by Crippen LogP contribution is 2.32. The summed E-state index contributed by atoms with van der Waals surface area (Å²) in [4.78, 5) is 26.6. The number of carbonyl (C=O) groups is 2. The van der Waals surface area contributed by atoms with E-state index < -0.39 is 42.5 Å². The Hall–Kier alpha value is -1.88. The number of thiocarbonyl (C=S) groups is 1. The van der Waals surface area contributed by atoms with E-state index in [1.54, 1.807) is 38.1 Å². The van der Waals surface area contributed by atoms with Gasteiger partial charge in [0, 0.05) is 5.02 Å². The molecule has 2 amide bonds. The third-order valence-corrected chi connectivity index (χ3v) is 4.78. The molecule has 2 heterocycles. The number of rotatable bonds is 4. The normalized spacial score (nSPS) is 27.2. The second-order valence-corrected chi connectivity index (χ2v) is 7.59. The van der Waals surface area contributed by atoms with Crippen molar-refractivity contribution in [1.29, 1.82) is 0 Å². The fraction of sp³-hybridized carbons (Fsp3) is 0.389. The minimum Gasteiger partial charge on any atom is -0.394 e.